The van der Waals surface area contributed by atoms with Crippen molar-refractivity contribution >= 4 is 17.6 Å². The molecule has 0 fully saturated rings. The van der Waals surface area contributed by atoms with Gasteiger partial charge in [-0.25, -0.2) is 4.98 Å². The number of guanidine groups is 1. The van der Waals surface area contributed by atoms with Crippen molar-refractivity contribution in [1.29, 1.82) is 0 Å². The van der Waals surface area contributed by atoms with Gasteiger partial charge in [0.25, 0.3) is 0 Å². The number of nitrogens with zero attached hydrogens (tertiary/aromatic N) is 2. The number of aliphatic imine (C=N–C) groups is 1. The Kier molecular flexibility index (Phi) is 7.25. The first-order valence-corrected chi connectivity index (χ1v) is 7.08. The third-order valence-corrected chi connectivity index (χ3v) is 3.03. The normalized spacial score (nSPS) is 12.1. The van der Waals surface area contributed by atoms with Crippen LogP contribution in [0.2, 0.25) is 5.02 Å². The average Bonchev–Trinajstić information content (AvgIpc) is 2.48. The van der Waals surface area contributed by atoms with E-state index in [9.17, 15) is 0 Å². The van der Waals surface area contributed by atoms with Crippen LogP contribution in [-0.2, 0) is 4.74 Å². The molecule has 0 aromatic carbocycles. The second-order valence-corrected chi connectivity index (χ2v) is 5.42. The van der Waals surface area contributed by atoms with Gasteiger partial charge in [0.05, 0.1) is 17.2 Å². The van der Waals surface area contributed by atoms with Crippen LogP contribution < -0.4 is 15.4 Å². The van der Waals surface area contributed by atoms with E-state index >= 15 is 0 Å². The van der Waals surface area contributed by atoms with Crippen LogP contribution in [0.3, 0.4) is 0 Å². The summed E-state index contributed by atoms with van der Waals surface area (Å²) in [6.45, 7) is 5.74. The maximum absolute atomic E-state index is 5.75. The van der Waals surface area contributed by atoms with E-state index in [1.807, 2.05) is 13.8 Å². The van der Waals surface area contributed by atoms with Crippen LogP contribution in [0.15, 0.2) is 23.3 Å². The molecule has 118 valence electrons. The van der Waals surface area contributed by atoms with Crippen LogP contribution in [0.25, 0.3) is 0 Å². The Labute approximate surface area is 130 Å². The number of hydrogen-bond donors (Lipinski definition) is 2. The quantitative estimate of drug-likeness (QED) is 0.455. The molecule has 0 unspecified atom stereocenters. The van der Waals surface area contributed by atoms with Gasteiger partial charge in [0.1, 0.15) is 6.61 Å². The molecule has 1 heterocycles. The van der Waals surface area contributed by atoms with Crippen molar-refractivity contribution in [1.82, 2.24) is 15.6 Å². The number of methoxy groups -OCH3 is 1. The van der Waals surface area contributed by atoms with Gasteiger partial charge in [0, 0.05) is 33.0 Å². The molecule has 1 rings (SSSR count). The third kappa shape index (κ3) is 7.15. The Hall–Kier alpha value is -1.53. The van der Waals surface area contributed by atoms with E-state index in [2.05, 4.69) is 20.6 Å². The first-order valence-electron chi connectivity index (χ1n) is 6.71. The van der Waals surface area contributed by atoms with E-state index < -0.39 is 0 Å². The van der Waals surface area contributed by atoms with Crippen LogP contribution in [0, 0.1) is 0 Å². The van der Waals surface area contributed by atoms with E-state index in [0.29, 0.717) is 36.6 Å². The highest BCUT2D eigenvalue weighted by Crippen LogP contribution is 2.10. The summed E-state index contributed by atoms with van der Waals surface area (Å²) in [5.74, 6) is 1.25. The third-order valence-electron chi connectivity index (χ3n) is 2.80. The van der Waals surface area contributed by atoms with Gasteiger partial charge in [0.2, 0.25) is 5.88 Å². The monoisotopic (exact) mass is 314 g/mol. The van der Waals surface area contributed by atoms with Crippen LogP contribution in [0.5, 0.6) is 5.88 Å². The molecular formula is C14H23ClN4O2. The summed E-state index contributed by atoms with van der Waals surface area (Å²) in [5.41, 5.74) is -0.249. The SMILES string of the molecule is CN=C(NCCOc1ccc(Cl)cn1)NCC(C)(C)OC. The minimum Gasteiger partial charge on any atom is -0.476 e. The smallest absolute Gasteiger partial charge is 0.213 e. The highest BCUT2D eigenvalue weighted by molar-refractivity contribution is 6.30. The van der Waals surface area contributed by atoms with Crippen molar-refractivity contribution in [2.24, 2.45) is 4.99 Å². The molecule has 0 atom stereocenters. The van der Waals surface area contributed by atoms with Crippen molar-refractivity contribution in [2.75, 3.05) is 33.9 Å². The van der Waals surface area contributed by atoms with Crippen molar-refractivity contribution in [3.05, 3.63) is 23.4 Å². The molecule has 0 amide bonds. The Morgan fingerprint density at radius 3 is 2.71 bits per heavy atom. The molecule has 1 aromatic rings. The van der Waals surface area contributed by atoms with Crippen molar-refractivity contribution in [3.63, 3.8) is 0 Å². The largest absolute Gasteiger partial charge is 0.476 e. The highest BCUT2D eigenvalue weighted by Gasteiger charge is 2.16. The summed E-state index contributed by atoms with van der Waals surface area (Å²) >= 11 is 5.75. The van der Waals surface area contributed by atoms with E-state index in [-0.39, 0.29) is 5.60 Å². The van der Waals surface area contributed by atoms with E-state index in [4.69, 9.17) is 21.1 Å². The zero-order chi connectivity index (χ0) is 15.7. The van der Waals surface area contributed by atoms with E-state index in [1.54, 1.807) is 32.5 Å². The molecule has 0 aliphatic carbocycles. The molecule has 21 heavy (non-hydrogen) atoms. The molecule has 0 aliphatic rings. The molecule has 0 aliphatic heterocycles. The summed E-state index contributed by atoms with van der Waals surface area (Å²) < 4.78 is 10.8. The molecule has 0 radical (unpaired) electrons. The molecule has 7 heteroatoms. The van der Waals surface area contributed by atoms with Gasteiger partial charge in [-0.15, -0.1) is 0 Å². The number of ether oxygens (including phenoxy) is 2. The Morgan fingerprint density at radius 1 is 1.38 bits per heavy atom. The highest BCUT2D eigenvalue weighted by atomic mass is 35.5. The Morgan fingerprint density at radius 2 is 2.14 bits per heavy atom. The number of nitrogens with one attached hydrogen (secondary N) is 2. The lowest BCUT2D eigenvalue weighted by atomic mass is 10.1. The second-order valence-electron chi connectivity index (χ2n) is 4.98. The van der Waals surface area contributed by atoms with Crippen molar-refractivity contribution in [2.45, 2.75) is 19.4 Å². The predicted molar refractivity (Wildman–Crippen MR) is 85.2 cm³/mol. The lowest BCUT2D eigenvalue weighted by Gasteiger charge is -2.24. The minimum atomic E-state index is -0.249. The molecule has 0 bridgehead atoms. The summed E-state index contributed by atoms with van der Waals surface area (Å²) in [6, 6.07) is 3.47. The maximum Gasteiger partial charge on any atom is 0.213 e. The summed E-state index contributed by atoms with van der Waals surface area (Å²) in [4.78, 5) is 8.18. The molecular weight excluding hydrogens is 292 g/mol. The first-order chi connectivity index (χ1) is 9.96. The van der Waals surface area contributed by atoms with Gasteiger partial charge in [-0.1, -0.05) is 11.6 Å². The number of aromatic nitrogens is 1. The Bertz CT molecular complexity index is 449. The van der Waals surface area contributed by atoms with Gasteiger partial charge in [-0.3, -0.25) is 4.99 Å². The van der Waals surface area contributed by atoms with Gasteiger partial charge < -0.3 is 20.1 Å². The number of halogens is 1. The fraction of sp³-hybridized carbons (Fsp3) is 0.571. The molecule has 2 N–H and O–H groups in total. The summed E-state index contributed by atoms with van der Waals surface area (Å²) in [7, 11) is 3.40. The average molecular weight is 315 g/mol. The molecule has 6 nitrogen and oxygen atoms in total. The molecule has 0 spiro atoms. The molecule has 0 saturated heterocycles. The second kappa shape index (κ2) is 8.69. The number of pyridine rings is 1. The first kappa shape index (κ1) is 17.5. The minimum absolute atomic E-state index is 0.249. The number of rotatable bonds is 7. The van der Waals surface area contributed by atoms with Gasteiger partial charge >= 0.3 is 0 Å². The number of hydrogen-bond acceptors (Lipinski definition) is 4. The fourth-order valence-corrected chi connectivity index (χ4v) is 1.47. The zero-order valence-electron chi connectivity index (χ0n) is 12.9. The lowest BCUT2D eigenvalue weighted by molar-refractivity contribution is 0.0268. The van der Waals surface area contributed by atoms with Crippen LogP contribution in [0.4, 0.5) is 0 Å². The van der Waals surface area contributed by atoms with Gasteiger partial charge in [-0.2, -0.15) is 0 Å². The van der Waals surface area contributed by atoms with Crippen molar-refractivity contribution in [3.8, 4) is 5.88 Å². The lowest BCUT2D eigenvalue weighted by Crippen LogP contribution is -2.46. The summed E-state index contributed by atoms with van der Waals surface area (Å²) in [5, 5.41) is 6.93. The molecule has 1 aromatic heterocycles. The van der Waals surface area contributed by atoms with Crippen LogP contribution in [-0.4, -0.2) is 50.4 Å². The summed E-state index contributed by atoms with van der Waals surface area (Å²) in [6.07, 6.45) is 1.55. The molecule has 0 saturated carbocycles. The topological polar surface area (TPSA) is 67.8 Å². The Balaban J connectivity index is 2.25. The van der Waals surface area contributed by atoms with Gasteiger partial charge in [0.15, 0.2) is 5.96 Å². The standard InChI is InChI=1S/C14H23ClN4O2/c1-14(2,20-4)10-19-13(16-3)17-7-8-21-12-6-5-11(15)9-18-12/h5-6,9H,7-8,10H2,1-4H3,(H2,16,17,19). The maximum atomic E-state index is 5.75. The van der Waals surface area contributed by atoms with Gasteiger partial charge in [-0.05, 0) is 19.9 Å². The zero-order valence-corrected chi connectivity index (χ0v) is 13.7. The predicted octanol–water partition coefficient (Wildman–Crippen LogP) is 1.70. The fourth-order valence-electron chi connectivity index (χ4n) is 1.36. The van der Waals surface area contributed by atoms with Crippen molar-refractivity contribution < 1.29 is 9.47 Å². The van der Waals surface area contributed by atoms with E-state index in [1.165, 1.54) is 0 Å². The van der Waals surface area contributed by atoms with E-state index in [0.717, 1.165) is 0 Å². The van der Waals surface area contributed by atoms with Crippen LogP contribution >= 0.6 is 11.6 Å². The van der Waals surface area contributed by atoms with Crippen LogP contribution in [0.1, 0.15) is 13.8 Å².